The van der Waals surface area contributed by atoms with Crippen molar-refractivity contribution in [1.82, 2.24) is 10.6 Å². The Morgan fingerprint density at radius 2 is 2.12 bits per heavy atom. The summed E-state index contributed by atoms with van der Waals surface area (Å²) < 4.78 is 0. The van der Waals surface area contributed by atoms with E-state index >= 15 is 0 Å². The molecule has 1 amide bonds. The summed E-state index contributed by atoms with van der Waals surface area (Å²) in [6.07, 6.45) is 0.741. The summed E-state index contributed by atoms with van der Waals surface area (Å²) in [5, 5.41) is 14.7. The first-order chi connectivity index (χ1) is 7.75. The third kappa shape index (κ3) is 2.73. The van der Waals surface area contributed by atoms with E-state index in [1.54, 1.807) is 0 Å². The van der Waals surface area contributed by atoms with E-state index in [0.29, 0.717) is 0 Å². The third-order valence-electron chi connectivity index (χ3n) is 2.93. The lowest BCUT2D eigenvalue weighted by Crippen LogP contribution is -2.43. The predicted octanol–water partition coefficient (Wildman–Crippen LogP) is 1.75. The van der Waals surface area contributed by atoms with Crippen LogP contribution in [0.4, 0.5) is 4.79 Å². The van der Waals surface area contributed by atoms with Crippen molar-refractivity contribution in [3.63, 3.8) is 0 Å². The van der Waals surface area contributed by atoms with Gasteiger partial charge in [0.2, 0.25) is 0 Å². The fraction of sp³-hybridized carbons (Fsp3) is 0.417. The second kappa shape index (κ2) is 4.99. The van der Waals surface area contributed by atoms with Gasteiger partial charge in [0, 0.05) is 12.1 Å². The van der Waals surface area contributed by atoms with Crippen LogP contribution < -0.4 is 10.6 Å². The van der Waals surface area contributed by atoms with E-state index in [0.717, 1.165) is 19.4 Å². The fourth-order valence-corrected chi connectivity index (χ4v) is 2.16. The molecular formula is C12H16N2O2. The van der Waals surface area contributed by atoms with E-state index in [-0.39, 0.29) is 12.1 Å². The summed E-state index contributed by atoms with van der Waals surface area (Å²) in [6.45, 7) is 0.852. The van der Waals surface area contributed by atoms with Crippen LogP contribution in [0.15, 0.2) is 30.3 Å². The molecule has 1 aliphatic heterocycles. The lowest BCUT2D eigenvalue weighted by molar-refractivity contribution is 0.184. The average molecular weight is 220 g/mol. The fourth-order valence-electron chi connectivity index (χ4n) is 2.16. The molecule has 0 aromatic heterocycles. The van der Waals surface area contributed by atoms with Crippen LogP contribution in [0.3, 0.4) is 0 Å². The second-order valence-corrected chi connectivity index (χ2v) is 4.09. The van der Waals surface area contributed by atoms with Gasteiger partial charge in [-0.1, -0.05) is 30.3 Å². The Hall–Kier alpha value is -1.55. The Morgan fingerprint density at radius 3 is 2.81 bits per heavy atom. The second-order valence-electron chi connectivity index (χ2n) is 4.09. The lowest BCUT2D eigenvalue weighted by Gasteiger charge is -2.30. The molecule has 4 nitrogen and oxygen atoms in total. The Morgan fingerprint density at radius 1 is 1.38 bits per heavy atom. The lowest BCUT2D eigenvalue weighted by atomic mass is 9.94. The zero-order valence-corrected chi connectivity index (χ0v) is 9.02. The molecule has 0 bridgehead atoms. The molecule has 3 N–H and O–H groups in total. The van der Waals surface area contributed by atoms with Gasteiger partial charge in [-0.25, -0.2) is 4.79 Å². The van der Waals surface area contributed by atoms with Gasteiger partial charge in [0.15, 0.2) is 0 Å². The summed E-state index contributed by atoms with van der Waals surface area (Å²) in [6, 6.07) is 10.5. The van der Waals surface area contributed by atoms with E-state index < -0.39 is 6.09 Å². The minimum absolute atomic E-state index is 0.0592. The van der Waals surface area contributed by atoms with Crippen LogP contribution in [0.2, 0.25) is 0 Å². The van der Waals surface area contributed by atoms with Crippen molar-refractivity contribution in [2.75, 3.05) is 6.54 Å². The molecule has 0 spiro atoms. The molecule has 2 atom stereocenters. The van der Waals surface area contributed by atoms with Crippen molar-refractivity contribution in [3.8, 4) is 0 Å². The Bertz CT molecular complexity index is 353. The molecule has 1 aromatic carbocycles. The van der Waals surface area contributed by atoms with Crippen LogP contribution in [0.5, 0.6) is 0 Å². The van der Waals surface area contributed by atoms with Gasteiger partial charge in [-0.05, 0) is 24.9 Å². The maximum Gasteiger partial charge on any atom is 0.404 e. The number of piperidine rings is 1. The summed E-state index contributed by atoms with van der Waals surface area (Å²) in [4.78, 5) is 10.6. The molecule has 16 heavy (non-hydrogen) atoms. The monoisotopic (exact) mass is 220 g/mol. The summed E-state index contributed by atoms with van der Waals surface area (Å²) in [5.41, 5.74) is 1.22. The van der Waals surface area contributed by atoms with E-state index in [1.165, 1.54) is 5.56 Å². The maximum absolute atomic E-state index is 10.6. The SMILES string of the molecule is O=C(O)N[C@H]1CCN[C@H](c2ccccc2)C1. The molecule has 86 valence electrons. The Balaban J connectivity index is 1.99. The van der Waals surface area contributed by atoms with Gasteiger partial charge in [-0.3, -0.25) is 0 Å². The number of carboxylic acid groups (broad SMARTS) is 1. The van der Waals surface area contributed by atoms with Crippen LogP contribution in [-0.2, 0) is 0 Å². The molecule has 0 aliphatic carbocycles. The van der Waals surface area contributed by atoms with Crippen molar-refractivity contribution in [2.24, 2.45) is 0 Å². The largest absolute Gasteiger partial charge is 0.465 e. The molecular weight excluding hydrogens is 204 g/mol. The minimum Gasteiger partial charge on any atom is -0.465 e. The van der Waals surface area contributed by atoms with Gasteiger partial charge in [0.25, 0.3) is 0 Å². The zero-order valence-electron chi connectivity index (χ0n) is 9.02. The van der Waals surface area contributed by atoms with Gasteiger partial charge >= 0.3 is 6.09 Å². The summed E-state index contributed by atoms with van der Waals surface area (Å²) in [5.74, 6) is 0. The minimum atomic E-state index is -0.932. The number of nitrogens with one attached hydrogen (secondary N) is 2. The highest BCUT2D eigenvalue weighted by molar-refractivity contribution is 5.64. The number of rotatable bonds is 2. The molecule has 1 fully saturated rings. The van der Waals surface area contributed by atoms with Gasteiger partial charge in [-0.15, -0.1) is 0 Å². The number of hydrogen-bond donors (Lipinski definition) is 3. The van der Waals surface area contributed by atoms with Crippen LogP contribution in [0, 0.1) is 0 Å². The summed E-state index contributed by atoms with van der Waals surface area (Å²) in [7, 11) is 0. The molecule has 0 unspecified atom stereocenters. The smallest absolute Gasteiger partial charge is 0.404 e. The van der Waals surface area contributed by atoms with Crippen molar-refractivity contribution in [1.29, 1.82) is 0 Å². The molecule has 0 saturated carbocycles. The Kier molecular flexibility index (Phi) is 3.41. The van der Waals surface area contributed by atoms with Gasteiger partial charge in [0.1, 0.15) is 0 Å². The van der Waals surface area contributed by atoms with E-state index in [1.807, 2.05) is 18.2 Å². The molecule has 1 saturated heterocycles. The number of benzene rings is 1. The molecule has 1 heterocycles. The standard InChI is InChI=1S/C12H16N2O2/c15-12(16)14-10-6-7-13-11(8-10)9-4-2-1-3-5-9/h1-5,10-11,13-14H,6-8H2,(H,15,16)/t10-,11-/m0/s1. The number of carbonyl (C=O) groups is 1. The molecule has 4 heteroatoms. The van der Waals surface area contributed by atoms with Crippen molar-refractivity contribution in [2.45, 2.75) is 24.9 Å². The first-order valence-electron chi connectivity index (χ1n) is 5.53. The molecule has 2 rings (SSSR count). The van der Waals surface area contributed by atoms with Crippen molar-refractivity contribution in [3.05, 3.63) is 35.9 Å². The van der Waals surface area contributed by atoms with Crippen LogP contribution >= 0.6 is 0 Å². The maximum atomic E-state index is 10.6. The topological polar surface area (TPSA) is 61.4 Å². The van der Waals surface area contributed by atoms with Gasteiger partial charge < -0.3 is 15.7 Å². The van der Waals surface area contributed by atoms with E-state index in [9.17, 15) is 4.79 Å². The van der Waals surface area contributed by atoms with Crippen molar-refractivity contribution >= 4 is 6.09 Å². The van der Waals surface area contributed by atoms with Gasteiger partial charge in [0.05, 0.1) is 0 Å². The third-order valence-corrected chi connectivity index (χ3v) is 2.93. The molecule has 1 aromatic rings. The van der Waals surface area contributed by atoms with E-state index in [2.05, 4.69) is 22.8 Å². The zero-order chi connectivity index (χ0) is 11.4. The highest BCUT2D eigenvalue weighted by Crippen LogP contribution is 2.22. The molecule has 0 radical (unpaired) electrons. The summed E-state index contributed by atoms with van der Waals surface area (Å²) >= 11 is 0. The van der Waals surface area contributed by atoms with Gasteiger partial charge in [-0.2, -0.15) is 0 Å². The van der Waals surface area contributed by atoms with Crippen LogP contribution in [0.1, 0.15) is 24.4 Å². The Labute approximate surface area is 94.7 Å². The first-order valence-corrected chi connectivity index (χ1v) is 5.53. The van der Waals surface area contributed by atoms with E-state index in [4.69, 9.17) is 5.11 Å². The molecule has 1 aliphatic rings. The highest BCUT2D eigenvalue weighted by Gasteiger charge is 2.23. The predicted molar refractivity (Wildman–Crippen MR) is 61.4 cm³/mol. The number of hydrogen-bond acceptors (Lipinski definition) is 2. The van der Waals surface area contributed by atoms with Crippen molar-refractivity contribution < 1.29 is 9.90 Å². The number of amides is 1. The highest BCUT2D eigenvalue weighted by atomic mass is 16.4. The quantitative estimate of drug-likeness (QED) is 0.711. The normalized spacial score (nSPS) is 25.0. The van der Waals surface area contributed by atoms with Crippen LogP contribution in [-0.4, -0.2) is 23.8 Å². The average Bonchev–Trinajstić information content (AvgIpc) is 2.30. The van der Waals surface area contributed by atoms with Crippen LogP contribution in [0.25, 0.3) is 0 Å². The first kappa shape index (κ1) is 11.0.